The van der Waals surface area contributed by atoms with Crippen molar-refractivity contribution in [2.45, 2.75) is 50.8 Å². The monoisotopic (exact) mass is 337 g/mol. The normalized spacial score (nSPS) is 29.7. The van der Waals surface area contributed by atoms with E-state index in [1.165, 1.54) is 22.4 Å². The van der Waals surface area contributed by atoms with Gasteiger partial charge in [0.15, 0.2) is 0 Å². The van der Waals surface area contributed by atoms with Gasteiger partial charge in [0.1, 0.15) is 6.10 Å². The molecule has 4 heteroatoms. The zero-order valence-electron chi connectivity index (χ0n) is 15.3. The van der Waals surface area contributed by atoms with E-state index in [9.17, 15) is 0 Å². The highest BCUT2D eigenvalue weighted by Crippen LogP contribution is 2.42. The highest BCUT2D eigenvalue weighted by molar-refractivity contribution is 5.51. The fraction of sp³-hybridized carbons (Fsp3) is 0.429. The van der Waals surface area contributed by atoms with Crippen molar-refractivity contribution in [3.63, 3.8) is 0 Å². The number of hydrazine groups is 1. The molecule has 4 nitrogen and oxygen atoms in total. The van der Waals surface area contributed by atoms with Crippen LogP contribution in [0, 0.1) is 6.92 Å². The molecule has 0 aromatic heterocycles. The van der Waals surface area contributed by atoms with Crippen molar-refractivity contribution < 1.29 is 4.84 Å². The van der Waals surface area contributed by atoms with Gasteiger partial charge in [-0.3, -0.25) is 4.84 Å². The van der Waals surface area contributed by atoms with Crippen LogP contribution in [-0.4, -0.2) is 23.7 Å². The summed E-state index contributed by atoms with van der Waals surface area (Å²) in [6, 6.07) is 17.5. The van der Waals surface area contributed by atoms with Gasteiger partial charge in [0.25, 0.3) is 0 Å². The number of nitrogens with zero attached hydrogens (tertiary/aromatic N) is 1. The second-order valence-corrected chi connectivity index (χ2v) is 7.58. The van der Waals surface area contributed by atoms with Gasteiger partial charge in [0.2, 0.25) is 0 Å². The van der Waals surface area contributed by atoms with Crippen molar-refractivity contribution in [2.75, 3.05) is 12.5 Å². The van der Waals surface area contributed by atoms with Crippen LogP contribution < -0.4 is 10.9 Å². The molecular weight excluding hydrogens is 310 g/mol. The van der Waals surface area contributed by atoms with E-state index in [0.717, 1.165) is 19.3 Å². The Morgan fingerprint density at radius 2 is 1.88 bits per heavy atom. The maximum absolute atomic E-state index is 6.24. The summed E-state index contributed by atoms with van der Waals surface area (Å²) in [5, 5.41) is 2.06. The number of hydroxylamine groups is 2. The average Bonchev–Trinajstić information content (AvgIpc) is 2.81. The number of likely N-dealkylation sites (N-methyl/N-ethyl adjacent to an activating group) is 1. The van der Waals surface area contributed by atoms with Crippen LogP contribution in [0.25, 0.3) is 0 Å². The largest absolute Gasteiger partial charge is 0.321 e. The van der Waals surface area contributed by atoms with E-state index in [4.69, 9.17) is 4.84 Å². The molecule has 0 bridgehead atoms. The van der Waals surface area contributed by atoms with E-state index in [2.05, 4.69) is 85.3 Å². The molecule has 2 aliphatic heterocycles. The maximum atomic E-state index is 6.24. The molecule has 3 atom stereocenters. The third kappa shape index (κ3) is 3.06. The number of para-hydroxylation sites is 1. The van der Waals surface area contributed by atoms with Gasteiger partial charge in [-0.25, -0.2) is 5.43 Å². The smallest absolute Gasteiger partial charge is 0.106 e. The number of anilines is 1. The molecule has 4 rings (SSSR count). The van der Waals surface area contributed by atoms with Gasteiger partial charge in [0, 0.05) is 19.5 Å². The molecule has 25 heavy (non-hydrogen) atoms. The predicted octanol–water partition coefficient (Wildman–Crippen LogP) is 3.99. The number of nitrogens with one attached hydrogen (secondary N) is 2. The van der Waals surface area contributed by atoms with E-state index >= 15 is 0 Å². The molecule has 1 fully saturated rings. The van der Waals surface area contributed by atoms with E-state index < -0.39 is 0 Å². The summed E-state index contributed by atoms with van der Waals surface area (Å²) in [4.78, 5) is 6.24. The second kappa shape index (κ2) is 6.45. The molecule has 132 valence electrons. The third-order valence-corrected chi connectivity index (χ3v) is 5.90. The van der Waals surface area contributed by atoms with Crippen LogP contribution in [0.15, 0.2) is 48.5 Å². The summed E-state index contributed by atoms with van der Waals surface area (Å²) in [7, 11) is 2.06. The van der Waals surface area contributed by atoms with Crippen LogP contribution >= 0.6 is 0 Å². The SMILES string of the molecule is Cc1ccc(C2CC(C)(C3CCc4ccccc4NN3)N(C)O2)cc1. The summed E-state index contributed by atoms with van der Waals surface area (Å²) in [5.41, 5.74) is 12.0. The number of fused-ring (bicyclic) bond motifs is 1. The molecule has 0 radical (unpaired) electrons. The van der Waals surface area contributed by atoms with Gasteiger partial charge in [-0.05, 0) is 43.9 Å². The van der Waals surface area contributed by atoms with Gasteiger partial charge in [-0.2, -0.15) is 5.06 Å². The molecule has 2 aromatic carbocycles. The summed E-state index contributed by atoms with van der Waals surface area (Å²) in [6.45, 7) is 4.42. The fourth-order valence-corrected chi connectivity index (χ4v) is 4.04. The second-order valence-electron chi connectivity index (χ2n) is 7.58. The Morgan fingerprint density at radius 1 is 1.12 bits per heavy atom. The molecule has 0 aliphatic carbocycles. The van der Waals surface area contributed by atoms with Crippen LogP contribution in [-0.2, 0) is 11.3 Å². The van der Waals surface area contributed by atoms with Gasteiger partial charge in [-0.15, -0.1) is 0 Å². The number of hydrogen-bond donors (Lipinski definition) is 2. The number of aryl methyl sites for hydroxylation is 2. The van der Waals surface area contributed by atoms with E-state index in [0.29, 0.717) is 6.04 Å². The number of rotatable bonds is 2. The van der Waals surface area contributed by atoms with E-state index in [1.807, 2.05) is 0 Å². The lowest BCUT2D eigenvalue weighted by Crippen LogP contribution is -2.56. The van der Waals surface area contributed by atoms with Crippen LogP contribution in [0.5, 0.6) is 0 Å². The molecule has 2 aliphatic rings. The van der Waals surface area contributed by atoms with E-state index in [1.54, 1.807) is 0 Å². The van der Waals surface area contributed by atoms with Crippen molar-refractivity contribution in [1.82, 2.24) is 10.5 Å². The Bertz CT molecular complexity index is 718. The van der Waals surface area contributed by atoms with Crippen LogP contribution in [0.4, 0.5) is 5.69 Å². The molecule has 0 saturated carbocycles. The Kier molecular flexibility index (Phi) is 4.28. The Labute approximate surface area is 150 Å². The van der Waals surface area contributed by atoms with Crippen molar-refractivity contribution in [1.29, 1.82) is 0 Å². The minimum atomic E-state index is -0.0649. The molecule has 3 unspecified atom stereocenters. The number of benzene rings is 2. The Hall–Kier alpha value is -1.88. The average molecular weight is 337 g/mol. The van der Waals surface area contributed by atoms with Crippen LogP contribution in [0.3, 0.4) is 0 Å². The minimum absolute atomic E-state index is 0.0649. The lowest BCUT2D eigenvalue weighted by Gasteiger charge is -2.37. The first-order chi connectivity index (χ1) is 12.1. The van der Waals surface area contributed by atoms with E-state index in [-0.39, 0.29) is 11.6 Å². The van der Waals surface area contributed by atoms with Crippen molar-refractivity contribution in [3.8, 4) is 0 Å². The Balaban J connectivity index is 1.52. The van der Waals surface area contributed by atoms with Gasteiger partial charge in [0.05, 0.1) is 11.2 Å². The standard InChI is InChI=1S/C21H27N3O/c1-15-8-10-17(11-9-15)19-14-21(2,24(3)25-19)20-13-12-16-6-4-5-7-18(16)22-23-20/h4-11,19-20,22-23H,12-14H2,1-3H3. The molecule has 0 spiro atoms. The minimum Gasteiger partial charge on any atom is -0.321 e. The summed E-state index contributed by atoms with van der Waals surface area (Å²) in [5.74, 6) is 0. The maximum Gasteiger partial charge on any atom is 0.106 e. The van der Waals surface area contributed by atoms with Crippen molar-refractivity contribution in [2.24, 2.45) is 0 Å². The first kappa shape index (κ1) is 16.6. The quantitative estimate of drug-likeness (QED) is 0.869. The highest BCUT2D eigenvalue weighted by atomic mass is 16.7. The van der Waals surface area contributed by atoms with Gasteiger partial charge < -0.3 is 5.43 Å². The fourth-order valence-electron chi connectivity index (χ4n) is 4.04. The molecule has 2 N–H and O–H groups in total. The highest BCUT2D eigenvalue weighted by Gasteiger charge is 2.47. The molecule has 0 amide bonds. The zero-order valence-corrected chi connectivity index (χ0v) is 15.3. The Morgan fingerprint density at radius 3 is 2.68 bits per heavy atom. The van der Waals surface area contributed by atoms with Gasteiger partial charge in [-0.1, -0.05) is 48.0 Å². The van der Waals surface area contributed by atoms with Gasteiger partial charge >= 0.3 is 0 Å². The summed E-state index contributed by atoms with van der Waals surface area (Å²) < 4.78 is 0. The van der Waals surface area contributed by atoms with Crippen molar-refractivity contribution in [3.05, 3.63) is 65.2 Å². The molecule has 2 aromatic rings. The van der Waals surface area contributed by atoms with Crippen molar-refractivity contribution >= 4 is 5.69 Å². The van der Waals surface area contributed by atoms with Crippen LogP contribution in [0.2, 0.25) is 0 Å². The summed E-state index contributed by atoms with van der Waals surface area (Å²) >= 11 is 0. The molecule has 1 saturated heterocycles. The zero-order chi connectivity index (χ0) is 17.4. The summed E-state index contributed by atoms with van der Waals surface area (Å²) in [6.07, 6.45) is 3.24. The first-order valence-electron chi connectivity index (χ1n) is 9.13. The number of hydrogen-bond acceptors (Lipinski definition) is 4. The molecular formula is C21H27N3O. The lowest BCUT2D eigenvalue weighted by atomic mass is 9.83. The lowest BCUT2D eigenvalue weighted by molar-refractivity contribution is -0.173. The topological polar surface area (TPSA) is 36.5 Å². The van der Waals surface area contributed by atoms with Crippen LogP contribution in [0.1, 0.15) is 42.6 Å². The third-order valence-electron chi connectivity index (χ3n) is 5.90. The molecule has 2 heterocycles. The predicted molar refractivity (Wildman–Crippen MR) is 101 cm³/mol. The first-order valence-corrected chi connectivity index (χ1v) is 9.13.